The van der Waals surface area contributed by atoms with Crippen LogP contribution in [0.3, 0.4) is 0 Å². The summed E-state index contributed by atoms with van der Waals surface area (Å²) in [7, 11) is -3.42. The van der Waals surface area contributed by atoms with Gasteiger partial charge in [0.05, 0.1) is 11.9 Å². The van der Waals surface area contributed by atoms with Gasteiger partial charge < -0.3 is 9.73 Å². The number of hydrogen-bond donors (Lipinski definition) is 2. The van der Waals surface area contributed by atoms with Crippen molar-refractivity contribution in [3.8, 4) is 11.3 Å². The molecule has 31 heavy (non-hydrogen) atoms. The Morgan fingerprint density at radius 3 is 2.52 bits per heavy atom. The average Bonchev–Trinajstić information content (AvgIpc) is 3.22. The molecule has 0 aliphatic heterocycles. The predicted octanol–water partition coefficient (Wildman–Crippen LogP) is 4.17. The van der Waals surface area contributed by atoms with Crippen molar-refractivity contribution in [2.45, 2.75) is 18.6 Å². The molecule has 2 N–H and O–H groups in total. The number of hydrogen-bond acceptors (Lipinski definition) is 5. The van der Waals surface area contributed by atoms with Crippen LogP contribution in [0, 0.1) is 0 Å². The highest BCUT2D eigenvalue weighted by atomic mass is 35.5. The highest BCUT2D eigenvalue weighted by Gasteiger charge is 2.12. The lowest BCUT2D eigenvalue weighted by atomic mass is 10.2. The third-order valence-electron chi connectivity index (χ3n) is 4.29. The SMILES string of the molecule is C=CCNS(=O)(=O)Cc1ccc(NC(=O)CCc2ncc(-c3ccc(Cl)cc3)o2)cc1. The van der Waals surface area contributed by atoms with Gasteiger partial charge in [0, 0.05) is 35.7 Å². The molecule has 2 aromatic carbocycles. The number of nitrogens with zero attached hydrogens (tertiary/aromatic N) is 1. The van der Waals surface area contributed by atoms with Gasteiger partial charge in [0.15, 0.2) is 11.7 Å². The fourth-order valence-corrected chi connectivity index (χ4v) is 3.99. The molecule has 0 fully saturated rings. The lowest BCUT2D eigenvalue weighted by molar-refractivity contribution is -0.116. The fourth-order valence-electron chi connectivity index (χ4n) is 2.76. The molecular weight excluding hydrogens is 438 g/mol. The van der Waals surface area contributed by atoms with Crippen LogP contribution in [0.2, 0.25) is 5.02 Å². The van der Waals surface area contributed by atoms with E-state index in [9.17, 15) is 13.2 Å². The Morgan fingerprint density at radius 2 is 1.84 bits per heavy atom. The van der Waals surface area contributed by atoms with Crippen molar-refractivity contribution in [3.05, 3.63) is 83.9 Å². The van der Waals surface area contributed by atoms with Gasteiger partial charge in [0.2, 0.25) is 15.9 Å². The number of oxazole rings is 1. The van der Waals surface area contributed by atoms with Gasteiger partial charge in [-0.25, -0.2) is 18.1 Å². The van der Waals surface area contributed by atoms with E-state index >= 15 is 0 Å². The maximum absolute atomic E-state index is 12.2. The Hall–Kier alpha value is -2.94. The maximum Gasteiger partial charge on any atom is 0.224 e. The molecule has 0 radical (unpaired) electrons. The monoisotopic (exact) mass is 459 g/mol. The molecule has 162 valence electrons. The van der Waals surface area contributed by atoms with Crippen LogP contribution in [0.1, 0.15) is 17.9 Å². The first-order valence-electron chi connectivity index (χ1n) is 9.52. The molecule has 1 aromatic heterocycles. The quantitative estimate of drug-likeness (QED) is 0.443. The molecule has 9 heteroatoms. The molecule has 0 aliphatic carbocycles. The second-order valence-electron chi connectivity index (χ2n) is 6.77. The van der Waals surface area contributed by atoms with Gasteiger partial charge in [-0.3, -0.25) is 4.79 Å². The Bertz CT molecular complexity index is 1140. The Kier molecular flexibility index (Phi) is 7.62. The van der Waals surface area contributed by atoms with Crippen molar-refractivity contribution in [2.24, 2.45) is 0 Å². The van der Waals surface area contributed by atoms with Crippen molar-refractivity contribution < 1.29 is 17.6 Å². The molecule has 0 saturated carbocycles. The third kappa shape index (κ3) is 7.06. The maximum atomic E-state index is 12.2. The van der Waals surface area contributed by atoms with Crippen molar-refractivity contribution >= 4 is 33.2 Å². The van der Waals surface area contributed by atoms with Gasteiger partial charge >= 0.3 is 0 Å². The van der Waals surface area contributed by atoms with Gasteiger partial charge in [-0.15, -0.1) is 6.58 Å². The zero-order valence-electron chi connectivity index (χ0n) is 16.7. The highest BCUT2D eigenvalue weighted by molar-refractivity contribution is 7.88. The van der Waals surface area contributed by atoms with E-state index in [1.165, 1.54) is 6.08 Å². The molecule has 3 aromatic rings. The minimum absolute atomic E-state index is 0.144. The zero-order chi connectivity index (χ0) is 22.3. The molecule has 0 spiro atoms. The molecule has 0 atom stereocenters. The zero-order valence-corrected chi connectivity index (χ0v) is 18.2. The van der Waals surface area contributed by atoms with Crippen LogP contribution in [-0.2, 0) is 27.0 Å². The number of rotatable bonds is 10. The average molecular weight is 460 g/mol. The van der Waals surface area contributed by atoms with Crippen LogP contribution >= 0.6 is 11.6 Å². The van der Waals surface area contributed by atoms with Crippen LogP contribution in [0.25, 0.3) is 11.3 Å². The number of nitrogens with one attached hydrogen (secondary N) is 2. The van der Waals surface area contributed by atoms with E-state index < -0.39 is 10.0 Å². The number of amides is 1. The molecule has 0 unspecified atom stereocenters. The van der Waals surface area contributed by atoms with E-state index in [0.717, 1.165) is 5.56 Å². The van der Waals surface area contributed by atoms with Crippen LogP contribution < -0.4 is 10.0 Å². The number of benzene rings is 2. The van der Waals surface area contributed by atoms with Crippen LogP contribution in [-0.4, -0.2) is 25.9 Å². The smallest absolute Gasteiger partial charge is 0.224 e. The molecule has 0 saturated heterocycles. The fraction of sp³-hybridized carbons (Fsp3) is 0.182. The summed E-state index contributed by atoms with van der Waals surface area (Å²) in [6, 6.07) is 13.9. The predicted molar refractivity (Wildman–Crippen MR) is 121 cm³/mol. The highest BCUT2D eigenvalue weighted by Crippen LogP contribution is 2.22. The number of carbonyl (C=O) groups is 1. The first kappa shape index (κ1) is 22.7. The number of carbonyl (C=O) groups excluding carboxylic acids is 1. The van der Waals surface area contributed by atoms with Crippen molar-refractivity contribution in [2.75, 3.05) is 11.9 Å². The standard InChI is InChI=1S/C22H22ClN3O4S/c1-2-13-25-31(28,29)15-16-3-9-19(10-4-16)26-21(27)11-12-22-24-14-20(30-22)17-5-7-18(23)8-6-17/h2-10,14,25H,1,11-13,15H2,(H,26,27). The molecular formula is C22H22ClN3O4S. The molecule has 7 nitrogen and oxygen atoms in total. The van der Waals surface area contributed by atoms with E-state index in [1.807, 2.05) is 12.1 Å². The normalized spacial score (nSPS) is 11.3. The van der Waals surface area contributed by atoms with Crippen LogP contribution in [0.5, 0.6) is 0 Å². The Morgan fingerprint density at radius 1 is 1.13 bits per heavy atom. The summed E-state index contributed by atoms with van der Waals surface area (Å²) in [5, 5.41) is 3.42. The summed E-state index contributed by atoms with van der Waals surface area (Å²) in [6.45, 7) is 3.66. The second-order valence-corrected chi connectivity index (χ2v) is 9.01. The van der Waals surface area contributed by atoms with Crippen molar-refractivity contribution in [1.29, 1.82) is 0 Å². The minimum Gasteiger partial charge on any atom is -0.441 e. The molecule has 0 aliphatic rings. The lowest BCUT2D eigenvalue weighted by Crippen LogP contribution is -2.25. The van der Waals surface area contributed by atoms with E-state index in [2.05, 4.69) is 21.6 Å². The van der Waals surface area contributed by atoms with Gasteiger partial charge in [-0.05, 0) is 42.0 Å². The molecule has 1 amide bonds. The van der Waals surface area contributed by atoms with Gasteiger partial charge in [0.25, 0.3) is 0 Å². The van der Waals surface area contributed by atoms with Crippen molar-refractivity contribution in [3.63, 3.8) is 0 Å². The summed E-state index contributed by atoms with van der Waals surface area (Å²) >= 11 is 5.89. The number of halogens is 1. The number of anilines is 1. The van der Waals surface area contributed by atoms with E-state index in [4.69, 9.17) is 16.0 Å². The van der Waals surface area contributed by atoms with Crippen LogP contribution in [0.15, 0.2) is 71.8 Å². The molecule has 3 rings (SSSR count). The lowest BCUT2D eigenvalue weighted by Gasteiger charge is -2.07. The molecule has 0 bridgehead atoms. The topological polar surface area (TPSA) is 101 Å². The van der Waals surface area contributed by atoms with E-state index in [0.29, 0.717) is 34.3 Å². The minimum atomic E-state index is -3.42. The second kappa shape index (κ2) is 10.4. The third-order valence-corrected chi connectivity index (χ3v) is 5.86. The van der Waals surface area contributed by atoms with E-state index in [1.54, 1.807) is 42.6 Å². The number of sulfonamides is 1. The van der Waals surface area contributed by atoms with Gasteiger partial charge in [-0.1, -0.05) is 29.8 Å². The summed E-state index contributed by atoms with van der Waals surface area (Å²) in [5.41, 5.74) is 2.05. The summed E-state index contributed by atoms with van der Waals surface area (Å²) in [4.78, 5) is 16.4. The number of aromatic nitrogens is 1. The summed E-state index contributed by atoms with van der Waals surface area (Å²) < 4.78 is 31.9. The molecule has 1 heterocycles. The summed E-state index contributed by atoms with van der Waals surface area (Å²) in [6.07, 6.45) is 3.65. The van der Waals surface area contributed by atoms with Crippen molar-refractivity contribution in [1.82, 2.24) is 9.71 Å². The first-order valence-corrected chi connectivity index (χ1v) is 11.6. The van der Waals surface area contributed by atoms with E-state index in [-0.39, 0.29) is 24.6 Å². The Balaban J connectivity index is 1.50. The van der Waals surface area contributed by atoms with Gasteiger partial charge in [-0.2, -0.15) is 0 Å². The largest absolute Gasteiger partial charge is 0.441 e. The van der Waals surface area contributed by atoms with Crippen LogP contribution in [0.4, 0.5) is 5.69 Å². The van der Waals surface area contributed by atoms with Gasteiger partial charge in [0.1, 0.15) is 0 Å². The Labute approximate surface area is 186 Å². The first-order chi connectivity index (χ1) is 14.8. The summed E-state index contributed by atoms with van der Waals surface area (Å²) in [5.74, 6) is 0.738. The number of aryl methyl sites for hydroxylation is 1.